The molecule has 0 radical (unpaired) electrons. The molecule has 26 heavy (non-hydrogen) atoms. The van der Waals surface area contributed by atoms with Gasteiger partial charge in [0.1, 0.15) is 29.0 Å². The number of nitrogens with zero attached hydrogens (tertiary/aromatic N) is 1. The van der Waals surface area contributed by atoms with Gasteiger partial charge in [0, 0.05) is 37.4 Å². The Morgan fingerprint density at radius 1 is 0.885 bits per heavy atom. The molecule has 2 aromatic rings. The van der Waals surface area contributed by atoms with Crippen molar-refractivity contribution in [3.8, 4) is 11.5 Å². The number of halogens is 3. The van der Waals surface area contributed by atoms with Crippen LogP contribution in [0.3, 0.4) is 0 Å². The van der Waals surface area contributed by atoms with Crippen molar-refractivity contribution in [1.82, 2.24) is 4.90 Å². The molecule has 136 valence electrons. The molecule has 0 unspecified atom stereocenters. The average Bonchev–Trinajstić information content (AvgIpc) is 2.61. The molecule has 3 nitrogen and oxygen atoms in total. The van der Waals surface area contributed by atoms with Crippen molar-refractivity contribution in [2.75, 3.05) is 27.8 Å². The van der Waals surface area contributed by atoms with E-state index in [9.17, 15) is 13.2 Å². The highest BCUT2D eigenvalue weighted by Gasteiger charge is 2.24. The number of ether oxygens (including phenoxy) is 2. The van der Waals surface area contributed by atoms with Gasteiger partial charge in [0.05, 0.1) is 25.5 Å². The first-order valence-electron chi connectivity index (χ1n) is 7.95. The van der Waals surface area contributed by atoms with Gasteiger partial charge in [-0.2, -0.15) is 0 Å². The minimum Gasteiger partial charge on any atom is -0.497 e. The lowest BCUT2D eigenvalue weighted by Crippen LogP contribution is -2.22. The first kappa shape index (κ1) is 17.9. The standard InChI is InChI=1S/C20H18F3NO2/c1-24-6-4-5-16(12-7-14(25-2)11-15(8-12)26-3)20(24)19-17(22)9-13(21)10-18(19)23/h4-5,7-11H,6H2,1-3H3. The molecule has 0 bridgehead atoms. The van der Waals surface area contributed by atoms with Crippen LogP contribution in [0.15, 0.2) is 42.5 Å². The summed E-state index contributed by atoms with van der Waals surface area (Å²) >= 11 is 0. The summed E-state index contributed by atoms with van der Waals surface area (Å²) in [6, 6.07) is 6.57. The van der Waals surface area contributed by atoms with Crippen molar-refractivity contribution in [3.05, 3.63) is 71.1 Å². The minimum absolute atomic E-state index is 0.268. The van der Waals surface area contributed by atoms with Crippen LogP contribution in [0, 0.1) is 17.5 Å². The van der Waals surface area contributed by atoms with Crippen LogP contribution in [0.4, 0.5) is 13.2 Å². The maximum Gasteiger partial charge on any atom is 0.138 e. The average molecular weight is 361 g/mol. The first-order valence-corrected chi connectivity index (χ1v) is 7.95. The van der Waals surface area contributed by atoms with Crippen LogP contribution < -0.4 is 9.47 Å². The van der Waals surface area contributed by atoms with Gasteiger partial charge in [-0.1, -0.05) is 12.2 Å². The number of methoxy groups -OCH3 is 2. The van der Waals surface area contributed by atoms with E-state index in [1.165, 1.54) is 14.2 Å². The van der Waals surface area contributed by atoms with E-state index in [0.29, 0.717) is 47.0 Å². The van der Waals surface area contributed by atoms with E-state index in [1.54, 1.807) is 36.2 Å². The third-order valence-electron chi connectivity index (χ3n) is 4.21. The van der Waals surface area contributed by atoms with Gasteiger partial charge in [0.25, 0.3) is 0 Å². The van der Waals surface area contributed by atoms with Gasteiger partial charge in [0.2, 0.25) is 0 Å². The third-order valence-corrected chi connectivity index (χ3v) is 4.21. The van der Waals surface area contributed by atoms with Crippen molar-refractivity contribution >= 4 is 11.3 Å². The van der Waals surface area contributed by atoms with E-state index < -0.39 is 17.5 Å². The molecule has 0 saturated heterocycles. The normalized spacial score (nSPS) is 14.0. The number of hydrogen-bond donors (Lipinski definition) is 0. The second kappa shape index (κ2) is 7.15. The number of rotatable bonds is 4. The molecule has 0 aliphatic carbocycles. The van der Waals surface area contributed by atoms with E-state index in [2.05, 4.69) is 0 Å². The summed E-state index contributed by atoms with van der Waals surface area (Å²) in [6.45, 7) is 0.468. The topological polar surface area (TPSA) is 21.7 Å². The predicted molar refractivity (Wildman–Crippen MR) is 94.4 cm³/mol. The molecule has 0 fully saturated rings. The largest absolute Gasteiger partial charge is 0.497 e. The summed E-state index contributed by atoms with van der Waals surface area (Å²) in [5, 5.41) is 0. The molecule has 3 rings (SSSR count). The van der Waals surface area contributed by atoms with Crippen LogP contribution >= 0.6 is 0 Å². The molecular weight excluding hydrogens is 343 g/mol. The van der Waals surface area contributed by atoms with Crippen molar-refractivity contribution in [3.63, 3.8) is 0 Å². The Labute approximate surface area is 150 Å². The summed E-state index contributed by atoms with van der Waals surface area (Å²) in [5.74, 6) is -1.76. The van der Waals surface area contributed by atoms with Gasteiger partial charge >= 0.3 is 0 Å². The highest BCUT2D eigenvalue weighted by molar-refractivity contribution is 5.96. The molecule has 0 aromatic heterocycles. The fourth-order valence-corrected chi connectivity index (χ4v) is 2.99. The Kier molecular flexibility index (Phi) is 4.93. The van der Waals surface area contributed by atoms with E-state index in [4.69, 9.17) is 9.47 Å². The zero-order chi connectivity index (χ0) is 18.8. The Hall–Kier alpha value is -2.89. The summed E-state index contributed by atoms with van der Waals surface area (Å²) < 4.78 is 52.8. The summed E-state index contributed by atoms with van der Waals surface area (Å²) in [4.78, 5) is 1.71. The summed E-state index contributed by atoms with van der Waals surface area (Å²) in [6.07, 6.45) is 3.66. The smallest absolute Gasteiger partial charge is 0.138 e. The quantitative estimate of drug-likeness (QED) is 0.801. The molecule has 1 aliphatic rings. The van der Waals surface area contributed by atoms with Gasteiger partial charge in [-0.15, -0.1) is 0 Å². The van der Waals surface area contributed by atoms with Crippen molar-refractivity contribution in [2.24, 2.45) is 0 Å². The predicted octanol–water partition coefficient (Wildman–Crippen LogP) is 4.49. The molecule has 1 heterocycles. The van der Waals surface area contributed by atoms with E-state index in [0.717, 1.165) is 0 Å². The van der Waals surface area contributed by atoms with Gasteiger partial charge in [0.15, 0.2) is 0 Å². The van der Waals surface area contributed by atoms with Gasteiger partial charge in [-0.25, -0.2) is 13.2 Å². The van der Waals surface area contributed by atoms with Gasteiger partial charge < -0.3 is 14.4 Å². The van der Waals surface area contributed by atoms with E-state index in [-0.39, 0.29) is 5.56 Å². The lowest BCUT2D eigenvalue weighted by molar-refractivity contribution is 0.394. The van der Waals surface area contributed by atoms with Crippen LogP contribution in [0.25, 0.3) is 11.3 Å². The van der Waals surface area contributed by atoms with Crippen LogP contribution in [0.1, 0.15) is 11.1 Å². The van der Waals surface area contributed by atoms with Crippen molar-refractivity contribution in [2.45, 2.75) is 0 Å². The molecule has 1 aliphatic heterocycles. The summed E-state index contributed by atoms with van der Waals surface area (Å²) in [7, 11) is 4.77. The number of allylic oxidation sites excluding steroid dienone is 2. The highest BCUT2D eigenvalue weighted by Crippen LogP contribution is 2.37. The molecule has 0 N–H and O–H groups in total. The second-order valence-electron chi connectivity index (χ2n) is 5.89. The molecule has 0 atom stereocenters. The Bertz CT molecular complexity index is 861. The first-order chi connectivity index (χ1) is 12.4. The molecule has 0 spiro atoms. The number of benzene rings is 2. The Morgan fingerprint density at radius 3 is 2.00 bits per heavy atom. The van der Waals surface area contributed by atoms with Crippen LogP contribution in [-0.2, 0) is 0 Å². The van der Waals surface area contributed by atoms with E-state index in [1.807, 2.05) is 6.08 Å². The monoisotopic (exact) mass is 361 g/mol. The number of hydrogen-bond acceptors (Lipinski definition) is 3. The minimum atomic E-state index is -0.956. The molecule has 0 saturated carbocycles. The van der Waals surface area contributed by atoms with Gasteiger partial charge in [-0.05, 0) is 17.7 Å². The zero-order valence-corrected chi connectivity index (χ0v) is 14.6. The molecular formula is C20H18F3NO2. The molecule has 6 heteroatoms. The second-order valence-corrected chi connectivity index (χ2v) is 5.89. The van der Waals surface area contributed by atoms with E-state index >= 15 is 0 Å². The Morgan fingerprint density at radius 2 is 1.46 bits per heavy atom. The lowest BCUT2D eigenvalue weighted by Gasteiger charge is -2.28. The Balaban J connectivity index is 2.29. The molecule has 0 amide bonds. The zero-order valence-electron chi connectivity index (χ0n) is 14.6. The van der Waals surface area contributed by atoms with Crippen molar-refractivity contribution in [1.29, 1.82) is 0 Å². The SMILES string of the molecule is COc1cc(OC)cc(C2=C(c3c(F)cc(F)cc3F)N(C)CC=C2)c1. The van der Waals surface area contributed by atoms with Crippen molar-refractivity contribution < 1.29 is 22.6 Å². The fourth-order valence-electron chi connectivity index (χ4n) is 2.99. The summed E-state index contributed by atoms with van der Waals surface area (Å²) in [5.41, 5.74) is 1.32. The lowest BCUT2D eigenvalue weighted by atomic mass is 9.95. The van der Waals surface area contributed by atoms with Crippen LogP contribution in [0.5, 0.6) is 11.5 Å². The number of likely N-dealkylation sites (N-methyl/N-ethyl adjacent to an activating group) is 1. The maximum atomic E-state index is 14.4. The maximum absolute atomic E-state index is 14.4. The highest BCUT2D eigenvalue weighted by atomic mass is 19.1. The molecule has 2 aromatic carbocycles. The van der Waals surface area contributed by atoms with Crippen LogP contribution in [-0.4, -0.2) is 32.7 Å². The van der Waals surface area contributed by atoms with Gasteiger partial charge in [-0.3, -0.25) is 0 Å². The third kappa shape index (κ3) is 3.27. The van der Waals surface area contributed by atoms with Crippen LogP contribution in [0.2, 0.25) is 0 Å². The fraction of sp³-hybridized carbons (Fsp3) is 0.200.